The minimum atomic E-state index is -0.243. The third kappa shape index (κ3) is 3.12. The Kier molecular flexibility index (Phi) is 4.78. The molecule has 1 aliphatic rings. The maximum atomic E-state index is 12.1. The van der Waals surface area contributed by atoms with Crippen molar-refractivity contribution in [3.63, 3.8) is 0 Å². The van der Waals surface area contributed by atoms with E-state index in [1.807, 2.05) is 11.4 Å². The Morgan fingerprint density at radius 2 is 2.28 bits per heavy atom. The number of amides is 1. The molecule has 1 fully saturated rings. The van der Waals surface area contributed by atoms with Gasteiger partial charge in [0.05, 0.1) is 11.0 Å². The second-order valence-electron chi connectivity index (χ2n) is 4.95. The molecule has 2 unspecified atom stereocenters. The van der Waals surface area contributed by atoms with Gasteiger partial charge in [-0.1, -0.05) is 19.8 Å². The van der Waals surface area contributed by atoms with Crippen molar-refractivity contribution in [2.24, 2.45) is 5.92 Å². The van der Waals surface area contributed by atoms with E-state index in [9.17, 15) is 9.90 Å². The van der Waals surface area contributed by atoms with Gasteiger partial charge in [0.15, 0.2) is 0 Å². The van der Waals surface area contributed by atoms with Crippen LogP contribution in [0.15, 0.2) is 11.4 Å². The van der Waals surface area contributed by atoms with E-state index in [-0.39, 0.29) is 17.9 Å². The summed E-state index contributed by atoms with van der Waals surface area (Å²) in [4.78, 5) is 12.9. The number of aliphatic hydroxyl groups is 1. The fourth-order valence-corrected chi connectivity index (χ4v) is 3.45. The van der Waals surface area contributed by atoms with Crippen LogP contribution in [0.1, 0.15) is 47.8 Å². The lowest BCUT2D eigenvalue weighted by atomic mass is 9.86. The van der Waals surface area contributed by atoms with E-state index in [2.05, 4.69) is 12.2 Å². The van der Waals surface area contributed by atoms with E-state index in [4.69, 9.17) is 0 Å². The van der Waals surface area contributed by atoms with Crippen molar-refractivity contribution in [2.45, 2.75) is 45.1 Å². The number of carbonyl (C=O) groups excluding carboxylic acids is 1. The molecule has 0 aliphatic heterocycles. The molecule has 1 amide bonds. The van der Waals surface area contributed by atoms with Crippen LogP contribution in [0.5, 0.6) is 0 Å². The second kappa shape index (κ2) is 6.34. The van der Waals surface area contributed by atoms with Crippen LogP contribution in [0, 0.1) is 5.92 Å². The van der Waals surface area contributed by atoms with Gasteiger partial charge in [0.1, 0.15) is 0 Å². The van der Waals surface area contributed by atoms with Crippen molar-refractivity contribution in [2.75, 3.05) is 6.54 Å². The van der Waals surface area contributed by atoms with E-state index in [0.29, 0.717) is 6.54 Å². The lowest BCUT2D eigenvalue weighted by molar-refractivity contribution is 0.0663. The molecule has 0 aromatic carbocycles. The second-order valence-corrected chi connectivity index (χ2v) is 5.87. The van der Waals surface area contributed by atoms with E-state index in [1.54, 1.807) is 0 Å². The van der Waals surface area contributed by atoms with Gasteiger partial charge in [-0.25, -0.2) is 0 Å². The molecular formula is C14H21NO2S. The third-order valence-electron chi connectivity index (χ3n) is 3.73. The Morgan fingerprint density at radius 1 is 1.50 bits per heavy atom. The molecule has 100 valence electrons. The zero-order chi connectivity index (χ0) is 13.0. The predicted molar refractivity (Wildman–Crippen MR) is 74.0 cm³/mol. The van der Waals surface area contributed by atoms with Crippen LogP contribution >= 0.6 is 11.3 Å². The summed E-state index contributed by atoms with van der Waals surface area (Å²) in [5, 5.41) is 14.8. The van der Waals surface area contributed by atoms with Crippen molar-refractivity contribution in [3.8, 4) is 0 Å². The molecule has 2 N–H and O–H groups in total. The van der Waals surface area contributed by atoms with E-state index >= 15 is 0 Å². The summed E-state index contributed by atoms with van der Waals surface area (Å²) in [5.41, 5.74) is 1.11. The highest BCUT2D eigenvalue weighted by Gasteiger charge is 2.23. The third-order valence-corrected chi connectivity index (χ3v) is 4.68. The highest BCUT2D eigenvalue weighted by molar-refractivity contribution is 7.12. The maximum absolute atomic E-state index is 12.1. The highest BCUT2D eigenvalue weighted by atomic mass is 32.1. The molecule has 1 heterocycles. The van der Waals surface area contributed by atoms with Gasteiger partial charge in [0, 0.05) is 12.5 Å². The Balaban J connectivity index is 1.88. The number of rotatable bonds is 4. The fourth-order valence-electron chi connectivity index (χ4n) is 2.54. The first-order chi connectivity index (χ1) is 8.72. The summed E-state index contributed by atoms with van der Waals surface area (Å²) < 4.78 is 0. The Morgan fingerprint density at radius 3 is 3.00 bits per heavy atom. The number of carbonyl (C=O) groups is 1. The number of aliphatic hydroxyl groups excluding tert-OH is 1. The van der Waals surface area contributed by atoms with Crippen LogP contribution in [0.25, 0.3) is 0 Å². The molecule has 18 heavy (non-hydrogen) atoms. The van der Waals surface area contributed by atoms with Crippen molar-refractivity contribution >= 4 is 17.2 Å². The van der Waals surface area contributed by atoms with Gasteiger partial charge in [0.2, 0.25) is 0 Å². The van der Waals surface area contributed by atoms with Gasteiger partial charge in [-0.05, 0) is 36.3 Å². The number of hydrogen-bond acceptors (Lipinski definition) is 3. The largest absolute Gasteiger partial charge is 0.393 e. The summed E-state index contributed by atoms with van der Waals surface area (Å²) in [7, 11) is 0. The quantitative estimate of drug-likeness (QED) is 0.881. The normalized spacial score (nSPS) is 23.9. The monoisotopic (exact) mass is 267 g/mol. The maximum Gasteiger partial charge on any atom is 0.261 e. The van der Waals surface area contributed by atoms with E-state index < -0.39 is 0 Å². The van der Waals surface area contributed by atoms with E-state index in [0.717, 1.165) is 42.5 Å². The highest BCUT2D eigenvalue weighted by Crippen LogP contribution is 2.24. The van der Waals surface area contributed by atoms with E-state index in [1.165, 1.54) is 11.3 Å². The van der Waals surface area contributed by atoms with Gasteiger partial charge in [-0.2, -0.15) is 0 Å². The zero-order valence-corrected chi connectivity index (χ0v) is 11.6. The molecule has 0 radical (unpaired) electrons. The van der Waals surface area contributed by atoms with Gasteiger partial charge in [-0.15, -0.1) is 11.3 Å². The topological polar surface area (TPSA) is 49.3 Å². The van der Waals surface area contributed by atoms with Gasteiger partial charge in [0.25, 0.3) is 5.91 Å². The van der Waals surface area contributed by atoms with Gasteiger partial charge < -0.3 is 10.4 Å². The summed E-state index contributed by atoms with van der Waals surface area (Å²) in [6.45, 7) is 2.66. The summed E-state index contributed by atoms with van der Waals surface area (Å²) in [5.74, 6) is 0.243. The molecule has 1 aromatic heterocycles. The molecule has 2 atom stereocenters. The van der Waals surface area contributed by atoms with Crippen molar-refractivity contribution in [1.29, 1.82) is 0 Å². The number of hydrogen-bond donors (Lipinski definition) is 2. The fraction of sp³-hybridized carbons (Fsp3) is 0.643. The zero-order valence-electron chi connectivity index (χ0n) is 10.8. The van der Waals surface area contributed by atoms with Crippen molar-refractivity contribution < 1.29 is 9.90 Å². The molecule has 2 rings (SSSR count). The molecule has 1 aromatic rings. The first-order valence-corrected chi connectivity index (χ1v) is 7.63. The molecule has 0 spiro atoms. The van der Waals surface area contributed by atoms with Crippen molar-refractivity contribution in [1.82, 2.24) is 5.32 Å². The van der Waals surface area contributed by atoms with Crippen LogP contribution in [0.4, 0.5) is 0 Å². The van der Waals surface area contributed by atoms with Crippen molar-refractivity contribution in [3.05, 3.63) is 21.9 Å². The lowest BCUT2D eigenvalue weighted by Crippen LogP contribution is -2.36. The van der Waals surface area contributed by atoms with Gasteiger partial charge in [-0.3, -0.25) is 4.79 Å². The molecule has 1 saturated carbocycles. The Hall–Kier alpha value is -0.870. The molecule has 0 saturated heterocycles. The van der Waals surface area contributed by atoms with Crippen LogP contribution in [0.3, 0.4) is 0 Å². The molecule has 1 aliphatic carbocycles. The standard InChI is InChI=1S/C14H21NO2S/c1-2-10-7-8-18-13(10)14(17)15-9-11-5-3-4-6-12(11)16/h7-8,11-12,16H,2-6,9H2,1H3,(H,15,17). The average molecular weight is 267 g/mol. The van der Waals surface area contributed by atoms with Crippen LogP contribution < -0.4 is 5.32 Å². The first kappa shape index (κ1) is 13.6. The van der Waals surface area contributed by atoms with Crippen LogP contribution in [-0.2, 0) is 6.42 Å². The Bertz CT molecular complexity index is 402. The minimum absolute atomic E-state index is 0.0135. The number of nitrogens with one attached hydrogen (secondary N) is 1. The van der Waals surface area contributed by atoms with Gasteiger partial charge >= 0.3 is 0 Å². The molecule has 4 heteroatoms. The SMILES string of the molecule is CCc1ccsc1C(=O)NCC1CCCCC1O. The number of thiophene rings is 1. The minimum Gasteiger partial charge on any atom is -0.393 e. The summed E-state index contributed by atoms with van der Waals surface area (Å²) in [6.07, 6.45) is 4.81. The Labute approximate surface area is 112 Å². The number of aryl methyl sites for hydroxylation is 1. The molecule has 3 nitrogen and oxygen atoms in total. The summed E-state index contributed by atoms with van der Waals surface area (Å²) >= 11 is 1.50. The predicted octanol–water partition coefficient (Wildman–Crippen LogP) is 2.59. The first-order valence-electron chi connectivity index (χ1n) is 6.75. The van der Waals surface area contributed by atoms with Crippen LogP contribution in [-0.4, -0.2) is 23.7 Å². The summed E-state index contributed by atoms with van der Waals surface area (Å²) in [6, 6.07) is 2.01. The smallest absolute Gasteiger partial charge is 0.261 e. The average Bonchev–Trinajstić information content (AvgIpc) is 2.86. The lowest BCUT2D eigenvalue weighted by Gasteiger charge is -2.27. The van der Waals surface area contributed by atoms with Crippen LogP contribution in [0.2, 0.25) is 0 Å². The molecular weight excluding hydrogens is 246 g/mol. The molecule has 0 bridgehead atoms.